The Bertz CT molecular complexity index is 1740. The fourth-order valence-electron chi connectivity index (χ4n) is 7.47. The van der Waals surface area contributed by atoms with Crippen LogP contribution in [0.1, 0.15) is 29.5 Å². The number of carbonyl (C=O) groups is 1. The molecular formula is C38H47ClF2N8O3. The molecule has 0 atom stereocenters. The Kier molecular flexibility index (Phi) is 12.3. The highest BCUT2D eigenvalue weighted by Crippen LogP contribution is 2.52. The summed E-state index contributed by atoms with van der Waals surface area (Å²) in [6.45, 7) is 10.3. The molecule has 1 amide bonds. The Balaban J connectivity index is 0.00000464. The van der Waals surface area contributed by atoms with Crippen LogP contribution in [0, 0.1) is 11.6 Å². The first kappa shape index (κ1) is 37.5. The predicted octanol–water partition coefficient (Wildman–Crippen LogP) is 4.48. The molecule has 14 heteroatoms. The van der Waals surface area contributed by atoms with Crippen LogP contribution in [0.2, 0.25) is 0 Å². The highest BCUT2D eigenvalue weighted by molar-refractivity contribution is 5.93. The van der Waals surface area contributed by atoms with Crippen molar-refractivity contribution in [2.24, 2.45) is 7.05 Å². The van der Waals surface area contributed by atoms with Gasteiger partial charge < -0.3 is 35.2 Å². The summed E-state index contributed by atoms with van der Waals surface area (Å²) in [5.41, 5.74) is 0.988. The second-order valence-electron chi connectivity index (χ2n) is 13.2. The summed E-state index contributed by atoms with van der Waals surface area (Å²) in [4.78, 5) is 19.6. The van der Waals surface area contributed by atoms with Crippen molar-refractivity contribution in [3.8, 4) is 11.5 Å². The number of aryl methyl sites for hydroxylation is 1. The molecule has 0 bridgehead atoms. The number of ether oxygens (including phenoxy) is 2. The van der Waals surface area contributed by atoms with E-state index in [-0.39, 0.29) is 23.9 Å². The molecule has 2 saturated heterocycles. The lowest BCUT2D eigenvalue weighted by Gasteiger charge is -2.42. The van der Waals surface area contributed by atoms with Crippen LogP contribution in [0.15, 0.2) is 66.9 Å². The summed E-state index contributed by atoms with van der Waals surface area (Å²) in [5, 5.41) is 14.7. The molecule has 0 saturated carbocycles. The molecule has 11 nitrogen and oxygen atoms in total. The van der Waals surface area contributed by atoms with Gasteiger partial charge in [-0.3, -0.25) is 14.4 Å². The van der Waals surface area contributed by atoms with Crippen molar-refractivity contribution >= 4 is 36.0 Å². The monoisotopic (exact) mass is 736 g/mol. The third-order valence-corrected chi connectivity index (χ3v) is 10.1. The summed E-state index contributed by atoms with van der Waals surface area (Å²) < 4.78 is 45.8. The van der Waals surface area contributed by atoms with Crippen LogP contribution < -0.4 is 30.3 Å². The van der Waals surface area contributed by atoms with E-state index in [1.165, 1.54) is 17.0 Å². The van der Waals surface area contributed by atoms with Gasteiger partial charge in [-0.1, -0.05) is 24.3 Å². The molecule has 2 fully saturated rings. The maximum atomic E-state index is 16.1. The quantitative estimate of drug-likeness (QED) is 0.136. The Labute approximate surface area is 309 Å². The molecule has 7 rings (SSSR count). The van der Waals surface area contributed by atoms with Crippen LogP contribution >= 0.6 is 12.4 Å². The average Bonchev–Trinajstić information content (AvgIpc) is 3.46. The van der Waals surface area contributed by atoms with Gasteiger partial charge in [0.2, 0.25) is 6.41 Å². The number of carbonyl (C=O) groups excluding carboxylic acids is 1. The Morgan fingerprint density at radius 2 is 1.35 bits per heavy atom. The van der Waals surface area contributed by atoms with Gasteiger partial charge in [0, 0.05) is 78.1 Å². The minimum Gasteiger partial charge on any atom is -0.490 e. The molecule has 0 spiro atoms. The van der Waals surface area contributed by atoms with E-state index < -0.39 is 17.2 Å². The lowest BCUT2D eigenvalue weighted by molar-refractivity contribution is -0.108. The van der Waals surface area contributed by atoms with E-state index in [2.05, 4.69) is 30.8 Å². The van der Waals surface area contributed by atoms with E-state index in [9.17, 15) is 4.79 Å². The number of amides is 1. The normalized spacial score (nSPS) is 17.2. The fourth-order valence-corrected chi connectivity index (χ4v) is 7.47. The van der Waals surface area contributed by atoms with Gasteiger partial charge in [-0.25, -0.2) is 8.78 Å². The number of nitrogens with zero attached hydrogens (tertiary/aromatic N) is 5. The number of nitrogens with one attached hydrogen (secondary N) is 3. The van der Waals surface area contributed by atoms with Crippen molar-refractivity contribution < 1.29 is 23.0 Å². The van der Waals surface area contributed by atoms with Crippen LogP contribution in [-0.2, 0) is 17.4 Å². The van der Waals surface area contributed by atoms with E-state index in [0.29, 0.717) is 53.5 Å². The van der Waals surface area contributed by atoms with Crippen molar-refractivity contribution in [1.29, 1.82) is 0 Å². The standard InChI is InChI=1S/C38H46F2N8O3.ClH/c1-45-37-30(26-43-45)38(48(27-49)34-7-3-2-6-33(34)44-37,28-8-10-35(31(39)24-28)50-22-4-16-46-18-12-41-13-19-46)29-9-11-36(32(40)25-29)51-23-5-17-47-20-14-42-15-21-47;/h2-3,6-11,24-27,41-42,44H,4-5,12-23H2,1H3;1H. The van der Waals surface area contributed by atoms with Gasteiger partial charge in [0.05, 0.1) is 30.8 Å². The number of anilines is 3. The number of benzene rings is 3. The first-order chi connectivity index (χ1) is 25.0. The minimum atomic E-state index is -1.53. The third kappa shape index (κ3) is 7.60. The van der Waals surface area contributed by atoms with Crippen molar-refractivity contribution in [3.05, 3.63) is 95.2 Å². The smallest absolute Gasteiger partial charge is 0.215 e. The highest BCUT2D eigenvalue weighted by atomic mass is 35.5. The number of halogens is 3. The van der Waals surface area contributed by atoms with Crippen LogP contribution in [0.4, 0.5) is 26.0 Å². The maximum absolute atomic E-state index is 16.1. The lowest BCUT2D eigenvalue weighted by Crippen LogP contribution is -2.47. The first-order valence-corrected chi connectivity index (χ1v) is 17.8. The number of hydrogen-bond donors (Lipinski definition) is 3. The minimum absolute atomic E-state index is 0. The average molecular weight is 737 g/mol. The molecule has 4 heterocycles. The zero-order chi connectivity index (χ0) is 35.2. The maximum Gasteiger partial charge on any atom is 0.215 e. The van der Waals surface area contributed by atoms with Crippen molar-refractivity contribution in [1.82, 2.24) is 30.2 Å². The summed E-state index contributed by atoms with van der Waals surface area (Å²) >= 11 is 0. The molecular weight excluding hydrogens is 690 g/mol. The van der Waals surface area contributed by atoms with E-state index >= 15 is 8.78 Å². The zero-order valence-electron chi connectivity index (χ0n) is 29.5. The van der Waals surface area contributed by atoms with Crippen molar-refractivity contribution in [3.63, 3.8) is 0 Å². The Morgan fingerprint density at radius 3 is 1.87 bits per heavy atom. The molecule has 0 unspecified atom stereocenters. The molecule has 3 aliphatic rings. The molecule has 3 aliphatic heterocycles. The topological polar surface area (TPSA) is 99.2 Å². The number of fused-ring (bicyclic) bond motifs is 2. The second kappa shape index (κ2) is 17.0. The zero-order valence-corrected chi connectivity index (χ0v) is 30.3. The van der Waals surface area contributed by atoms with Gasteiger partial charge in [0.15, 0.2) is 23.1 Å². The molecule has 52 heavy (non-hydrogen) atoms. The van der Waals surface area contributed by atoms with E-state index in [1.807, 2.05) is 24.3 Å². The van der Waals surface area contributed by atoms with Gasteiger partial charge in [-0.05, 0) is 60.4 Å². The third-order valence-electron chi connectivity index (χ3n) is 10.1. The van der Waals surface area contributed by atoms with Gasteiger partial charge in [0.25, 0.3) is 0 Å². The van der Waals surface area contributed by atoms with Crippen LogP contribution in [0.25, 0.3) is 0 Å². The Hall–Kier alpha value is -4.27. The molecule has 4 aromatic rings. The number of aromatic nitrogens is 2. The lowest BCUT2D eigenvalue weighted by atomic mass is 9.76. The van der Waals surface area contributed by atoms with Crippen LogP contribution in [0.5, 0.6) is 11.5 Å². The summed E-state index contributed by atoms with van der Waals surface area (Å²) in [6.07, 6.45) is 3.87. The van der Waals surface area contributed by atoms with Gasteiger partial charge in [-0.15, -0.1) is 12.4 Å². The van der Waals surface area contributed by atoms with E-state index in [4.69, 9.17) is 9.47 Å². The summed E-state index contributed by atoms with van der Waals surface area (Å²) in [5.74, 6) is -0.363. The number of hydrogen-bond acceptors (Lipinski definition) is 9. The van der Waals surface area contributed by atoms with E-state index in [0.717, 1.165) is 78.3 Å². The molecule has 3 aromatic carbocycles. The largest absolute Gasteiger partial charge is 0.490 e. The first-order valence-electron chi connectivity index (χ1n) is 17.8. The van der Waals surface area contributed by atoms with E-state index in [1.54, 1.807) is 42.2 Å². The number of piperazine rings is 2. The fraction of sp³-hybridized carbons (Fsp3) is 0.421. The predicted molar refractivity (Wildman–Crippen MR) is 200 cm³/mol. The highest BCUT2D eigenvalue weighted by Gasteiger charge is 2.48. The molecule has 278 valence electrons. The molecule has 0 radical (unpaired) electrons. The second-order valence-corrected chi connectivity index (χ2v) is 13.2. The van der Waals surface area contributed by atoms with Gasteiger partial charge in [0.1, 0.15) is 11.4 Å². The van der Waals surface area contributed by atoms with Gasteiger partial charge >= 0.3 is 0 Å². The molecule has 1 aromatic heterocycles. The van der Waals surface area contributed by atoms with Crippen molar-refractivity contribution in [2.45, 2.75) is 18.4 Å². The summed E-state index contributed by atoms with van der Waals surface area (Å²) in [6, 6.07) is 16.8. The van der Waals surface area contributed by atoms with Crippen molar-refractivity contribution in [2.75, 3.05) is 88.9 Å². The summed E-state index contributed by atoms with van der Waals surface area (Å²) in [7, 11) is 1.78. The SMILES string of the molecule is Cl.Cn1ncc2c1Nc1ccccc1N(C=O)C2(c1ccc(OCCCN2CCNCC2)c(F)c1)c1ccc(OCCCN2CCNCC2)c(F)c1. The molecule has 0 aliphatic carbocycles. The Morgan fingerprint density at radius 1 is 0.808 bits per heavy atom. The van der Waals surface area contributed by atoms with Gasteiger partial charge in [-0.2, -0.15) is 5.10 Å². The number of para-hydroxylation sites is 2. The van der Waals surface area contributed by atoms with Crippen LogP contribution in [-0.4, -0.2) is 105 Å². The molecule has 3 N–H and O–H groups in total. The van der Waals surface area contributed by atoms with Crippen LogP contribution in [0.3, 0.4) is 0 Å². The number of rotatable bonds is 13.